The lowest BCUT2D eigenvalue weighted by molar-refractivity contribution is -0.117. The normalized spacial score (nSPS) is 15.0. The summed E-state index contributed by atoms with van der Waals surface area (Å²) in [7, 11) is 3.17. The van der Waals surface area contributed by atoms with E-state index in [0.29, 0.717) is 23.7 Å². The van der Waals surface area contributed by atoms with Gasteiger partial charge in [-0.25, -0.2) is 4.98 Å². The van der Waals surface area contributed by atoms with Gasteiger partial charge < -0.3 is 19.7 Å². The molecule has 0 atom stereocenters. The molecule has 0 bridgehead atoms. The summed E-state index contributed by atoms with van der Waals surface area (Å²) >= 11 is 1.65. The van der Waals surface area contributed by atoms with Crippen LogP contribution in [0.5, 0.6) is 11.5 Å². The third-order valence-corrected chi connectivity index (χ3v) is 4.94. The number of thiazole rings is 1. The van der Waals surface area contributed by atoms with Gasteiger partial charge in [0.25, 0.3) is 0 Å². The number of nitrogens with zero attached hydrogens (tertiary/aromatic N) is 3. The van der Waals surface area contributed by atoms with Crippen LogP contribution >= 0.6 is 11.3 Å². The molecule has 1 aromatic heterocycles. The van der Waals surface area contributed by atoms with Gasteiger partial charge in [0.2, 0.25) is 5.91 Å². The number of carbonyl (C=O) groups is 1. The smallest absolute Gasteiger partial charge is 0.238 e. The van der Waals surface area contributed by atoms with Gasteiger partial charge in [-0.05, 0) is 12.1 Å². The summed E-state index contributed by atoms with van der Waals surface area (Å²) in [5.41, 5.74) is 0.648. The molecule has 0 unspecified atom stereocenters. The maximum absolute atomic E-state index is 12.4. The van der Waals surface area contributed by atoms with Crippen LogP contribution in [0.25, 0.3) is 0 Å². The van der Waals surface area contributed by atoms with Gasteiger partial charge in [-0.15, -0.1) is 11.3 Å². The van der Waals surface area contributed by atoms with E-state index < -0.39 is 0 Å². The number of piperazine rings is 1. The zero-order valence-corrected chi connectivity index (χ0v) is 15.2. The summed E-state index contributed by atoms with van der Waals surface area (Å²) in [5.74, 6) is 1.22. The monoisotopic (exact) mass is 362 g/mol. The fourth-order valence-electron chi connectivity index (χ4n) is 2.76. The van der Waals surface area contributed by atoms with Crippen LogP contribution in [0.3, 0.4) is 0 Å². The Balaban J connectivity index is 1.52. The maximum Gasteiger partial charge on any atom is 0.238 e. The van der Waals surface area contributed by atoms with Crippen molar-refractivity contribution in [2.24, 2.45) is 0 Å². The minimum Gasteiger partial charge on any atom is -0.497 e. The second kappa shape index (κ2) is 8.17. The molecule has 3 rings (SSSR count). The predicted molar refractivity (Wildman–Crippen MR) is 98.9 cm³/mol. The second-order valence-corrected chi connectivity index (χ2v) is 6.57. The van der Waals surface area contributed by atoms with E-state index in [0.717, 1.165) is 31.3 Å². The highest BCUT2D eigenvalue weighted by Crippen LogP contribution is 2.29. The second-order valence-electron chi connectivity index (χ2n) is 5.69. The van der Waals surface area contributed by atoms with Gasteiger partial charge in [0.05, 0.1) is 26.5 Å². The number of hydrogen-bond acceptors (Lipinski definition) is 7. The van der Waals surface area contributed by atoms with Crippen molar-refractivity contribution in [3.8, 4) is 11.5 Å². The number of benzene rings is 1. The Hall–Kier alpha value is -2.32. The molecule has 7 nitrogen and oxygen atoms in total. The number of amides is 1. The van der Waals surface area contributed by atoms with Crippen LogP contribution in [0.15, 0.2) is 29.8 Å². The summed E-state index contributed by atoms with van der Waals surface area (Å²) in [5, 5.41) is 5.95. The summed E-state index contributed by atoms with van der Waals surface area (Å²) < 4.78 is 10.5. The first-order valence-corrected chi connectivity index (χ1v) is 8.96. The molecule has 8 heteroatoms. The van der Waals surface area contributed by atoms with Crippen molar-refractivity contribution < 1.29 is 14.3 Å². The lowest BCUT2D eigenvalue weighted by Crippen LogP contribution is -2.48. The zero-order chi connectivity index (χ0) is 17.6. The van der Waals surface area contributed by atoms with Crippen molar-refractivity contribution in [2.45, 2.75) is 0 Å². The van der Waals surface area contributed by atoms with Crippen LogP contribution < -0.4 is 19.7 Å². The van der Waals surface area contributed by atoms with Gasteiger partial charge in [-0.2, -0.15) is 0 Å². The quantitative estimate of drug-likeness (QED) is 0.847. The van der Waals surface area contributed by atoms with E-state index in [1.807, 2.05) is 11.6 Å². The molecule has 1 aliphatic rings. The van der Waals surface area contributed by atoms with Crippen LogP contribution in [0.4, 0.5) is 10.8 Å². The SMILES string of the molecule is COc1ccc(NC(=O)CN2CCN(c3nccs3)CC2)c(OC)c1. The van der Waals surface area contributed by atoms with E-state index >= 15 is 0 Å². The molecule has 0 spiro atoms. The van der Waals surface area contributed by atoms with Crippen LogP contribution in [0, 0.1) is 0 Å². The Bertz CT molecular complexity index is 700. The number of methoxy groups -OCH3 is 2. The first-order valence-electron chi connectivity index (χ1n) is 8.08. The van der Waals surface area contributed by atoms with E-state index in [4.69, 9.17) is 9.47 Å². The number of carbonyl (C=O) groups excluding carboxylic acids is 1. The predicted octanol–water partition coefficient (Wildman–Crippen LogP) is 1.92. The summed E-state index contributed by atoms with van der Waals surface area (Å²) in [6, 6.07) is 5.34. The highest BCUT2D eigenvalue weighted by atomic mass is 32.1. The van der Waals surface area contributed by atoms with E-state index in [1.54, 1.807) is 43.8 Å². The third-order valence-electron chi connectivity index (χ3n) is 4.11. The van der Waals surface area contributed by atoms with Crippen molar-refractivity contribution in [3.05, 3.63) is 29.8 Å². The molecule has 134 valence electrons. The lowest BCUT2D eigenvalue weighted by Gasteiger charge is -2.34. The lowest BCUT2D eigenvalue weighted by atomic mass is 10.2. The Morgan fingerprint density at radius 1 is 1.24 bits per heavy atom. The average molecular weight is 362 g/mol. The molecule has 1 amide bonds. The Kier molecular flexibility index (Phi) is 5.72. The van der Waals surface area contributed by atoms with Crippen LogP contribution in [0.2, 0.25) is 0 Å². The average Bonchev–Trinajstić information content (AvgIpc) is 3.17. The Morgan fingerprint density at radius 3 is 2.68 bits per heavy atom. The van der Waals surface area contributed by atoms with Crippen molar-refractivity contribution in [1.29, 1.82) is 0 Å². The molecule has 2 aromatic rings. The summed E-state index contributed by atoms with van der Waals surface area (Å²) in [6.45, 7) is 3.81. The fraction of sp³-hybridized carbons (Fsp3) is 0.412. The Labute approximate surface area is 151 Å². The molecular formula is C17H22N4O3S. The van der Waals surface area contributed by atoms with Crippen molar-refractivity contribution in [3.63, 3.8) is 0 Å². The van der Waals surface area contributed by atoms with Crippen LogP contribution in [-0.4, -0.2) is 62.7 Å². The van der Waals surface area contributed by atoms with Gasteiger partial charge in [0.1, 0.15) is 11.5 Å². The molecular weight excluding hydrogens is 340 g/mol. The van der Waals surface area contributed by atoms with Gasteiger partial charge in [-0.3, -0.25) is 9.69 Å². The molecule has 0 aliphatic carbocycles. The molecule has 1 saturated heterocycles. The minimum absolute atomic E-state index is 0.0498. The molecule has 1 N–H and O–H groups in total. The maximum atomic E-state index is 12.4. The largest absolute Gasteiger partial charge is 0.497 e. The third kappa shape index (κ3) is 4.40. The standard InChI is InChI=1S/C17H22N4O3S/c1-23-13-3-4-14(15(11-13)24-2)19-16(22)12-20-6-8-21(9-7-20)17-18-5-10-25-17/h3-5,10-11H,6-9,12H2,1-2H3,(H,19,22). The first kappa shape index (κ1) is 17.5. The number of ether oxygens (including phenoxy) is 2. The number of hydrogen-bond donors (Lipinski definition) is 1. The van der Waals surface area contributed by atoms with Crippen molar-refractivity contribution in [1.82, 2.24) is 9.88 Å². The molecule has 1 fully saturated rings. The highest BCUT2D eigenvalue weighted by molar-refractivity contribution is 7.13. The topological polar surface area (TPSA) is 66.9 Å². The minimum atomic E-state index is -0.0498. The number of aromatic nitrogens is 1. The molecule has 0 saturated carbocycles. The van der Waals surface area contributed by atoms with Crippen LogP contribution in [0.1, 0.15) is 0 Å². The zero-order valence-electron chi connectivity index (χ0n) is 14.4. The van der Waals surface area contributed by atoms with Gasteiger partial charge in [0.15, 0.2) is 5.13 Å². The number of rotatable bonds is 6. The van der Waals surface area contributed by atoms with Gasteiger partial charge >= 0.3 is 0 Å². The molecule has 0 radical (unpaired) electrons. The van der Waals surface area contributed by atoms with Crippen molar-refractivity contribution >= 4 is 28.1 Å². The number of nitrogens with one attached hydrogen (secondary N) is 1. The van der Waals surface area contributed by atoms with E-state index in [2.05, 4.69) is 20.1 Å². The fourth-order valence-corrected chi connectivity index (χ4v) is 3.46. The van der Waals surface area contributed by atoms with Gasteiger partial charge in [0, 0.05) is 43.8 Å². The molecule has 2 heterocycles. The Morgan fingerprint density at radius 2 is 2.04 bits per heavy atom. The highest BCUT2D eigenvalue weighted by Gasteiger charge is 2.20. The van der Waals surface area contributed by atoms with E-state index in [-0.39, 0.29) is 5.91 Å². The van der Waals surface area contributed by atoms with Crippen LogP contribution in [-0.2, 0) is 4.79 Å². The first-order chi connectivity index (χ1) is 12.2. The van der Waals surface area contributed by atoms with Crippen molar-refractivity contribution in [2.75, 3.05) is 57.2 Å². The van der Waals surface area contributed by atoms with E-state index in [9.17, 15) is 4.79 Å². The summed E-state index contributed by atoms with van der Waals surface area (Å²) in [4.78, 5) is 21.1. The molecule has 25 heavy (non-hydrogen) atoms. The molecule has 1 aromatic carbocycles. The summed E-state index contributed by atoms with van der Waals surface area (Å²) in [6.07, 6.45) is 1.82. The molecule has 1 aliphatic heterocycles. The number of anilines is 2. The van der Waals surface area contributed by atoms with E-state index in [1.165, 1.54) is 0 Å². The van der Waals surface area contributed by atoms with Gasteiger partial charge in [-0.1, -0.05) is 0 Å².